The SMILES string of the molecule is c1ccc(CC2CC3CCC(C2)N3CCCc2nc3cccnc3[nH]2)cc1. The lowest BCUT2D eigenvalue weighted by Gasteiger charge is -2.39. The maximum absolute atomic E-state index is 4.67. The van der Waals surface area contributed by atoms with Crippen LogP contribution in [-0.2, 0) is 12.8 Å². The minimum absolute atomic E-state index is 0.801. The fraction of sp³-hybridized carbons (Fsp3) is 0.478. The minimum Gasteiger partial charge on any atom is -0.327 e. The van der Waals surface area contributed by atoms with Crippen LogP contribution in [0.5, 0.6) is 0 Å². The number of piperidine rings is 1. The molecule has 2 unspecified atom stereocenters. The van der Waals surface area contributed by atoms with Crippen LogP contribution in [0.2, 0.25) is 0 Å². The van der Waals surface area contributed by atoms with E-state index in [1.165, 1.54) is 50.6 Å². The van der Waals surface area contributed by atoms with Crippen molar-refractivity contribution >= 4 is 11.2 Å². The lowest BCUT2D eigenvalue weighted by atomic mass is 9.85. The average molecular weight is 361 g/mol. The predicted molar refractivity (Wildman–Crippen MR) is 109 cm³/mol. The first-order valence-electron chi connectivity index (χ1n) is 10.4. The number of hydrogen-bond acceptors (Lipinski definition) is 3. The van der Waals surface area contributed by atoms with Crippen molar-refractivity contribution in [1.82, 2.24) is 19.9 Å². The molecule has 4 nitrogen and oxygen atoms in total. The minimum atomic E-state index is 0.801. The van der Waals surface area contributed by atoms with Crippen molar-refractivity contribution in [1.29, 1.82) is 0 Å². The number of imidazole rings is 1. The van der Waals surface area contributed by atoms with Crippen LogP contribution in [0.3, 0.4) is 0 Å². The third-order valence-electron chi connectivity index (χ3n) is 6.48. The molecule has 2 aliphatic heterocycles. The van der Waals surface area contributed by atoms with E-state index in [2.05, 4.69) is 50.2 Å². The average Bonchev–Trinajstić information content (AvgIpc) is 3.20. The first-order chi connectivity index (χ1) is 13.3. The number of aromatic nitrogens is 3. The second-order valence-electron chi connectivity index (χ2n) is 8.31. The molecular weight excluding hydrogens is 332 g/mol. The third kappa shape index (κ3) is 3.63. The number of H-pyrrole nitrogens is 1. The highest BCUT2D eigenvalue weighted by Crippen LogP contribution is 2.39. The highest BCUT2D eigenvalue weighted by molar-refractivity contribution is 5.69. The Morgan fingerprint density at radius 1 is 1.00 bits per heavy atom. The molecule has 3 aromatic rings. The highest BCUT2D eigenvalue weighted by Gasteiger charge is 2.39. The first-order valence-corrected chi connectivity index (χ1v) is 10.4. The lowest BCUT2D eigenvalue weighted by molar-refractivity contribution is 0.102. The van der Waals surface area contributed by atoms with Crippen LogP contribution >= 0.6 is 0 Å². The van der Waals surface area contributed by atoms with E-state index < -0.39 is 0 Å². The summed E-state index contributed by atoms with van der Waals surface area (Å²) in [5.41, 5.74) is 3.40. The van der Waals surface area contributed by atoms with E-state index in [9.17, 15) is 0 Å². The van der Waals surface area contributed by atoms with E-state index in [1.54, 1.807) is 0 Å². The second kappa shape index (κ2) is 7.43. The summed E-state index contributed by atoms with van der Waals surface area (Å²) >= 11 is 0. The summed E-state index contributed by atoms with van der Waals surface area (Å²) in [6, 6.07) is 16.6. The predicted octanol–water partition coefficient (Wildman–Crippen LogP) is 4.38. The lowest BCUT2D eigenvalue weighted by Crippen LogP contribution is -2.43. The number of pyridine rings is 1. The summed E-state index contributed by atoms with van der Waals surface area (Å²) in [5.74, 6) is 1.94. The van der Waals surface area contributed by atoms with Crippen molar-refractivity contribution in [3.05, 3.63) is 60.0 Å². The van der Waals surface area contributed by atoms with Crippen molar-refractivity contribution in [3.63, 3.8) is 0 Å². The zero-order valence-electron chi connectivity index (χ0n) is 15.8. The fourth-order valence-electron chi connectivity index (χ4n) is 5.31. The Morgan fingerprint density at radius 3 is 2.59 bits per heavy atom. The molecule has 0 amide bonds. The van der Waals surface area contributed by atoms with Crippen LogP contribution in [0.4, 0.5) is 0 Å². The Balaban J connectivity index is 1.15. The molecule has 4 heteroatoms. The van der Waals surface area contributed by atoms with Crippen LogP contribution in [0.15, 0.2) is 48.7 Å². The summed E-state index contributed by atoms with van der Waals surface area (Å²) in [6.07, 6.45) is 10.8. The molecule has 2 atom stereocenters. The number of nitrogens with zero attached hydrogens (tertiary/aromatic N) is 3. The number of fused-ring (bicyclic) bond motifs is 3. The summed E-state index contributed by atoms with van der Waals surface area (Å²) < 4.78 is 0. The Kier molecular flexibility index (Phi) is 4.66. The molecular formula is C23H28N4. The van der Waals surface area contributed by atoms with Gasteiger partial charge < -0.3 is 4.98 Å². The monoisotopic (exact) mass is 360 g/mol. The Morgan fingerprint density at radius 2 is 1.81 bits per heavy atom. The zero-order chi connectivity index (χ0) is 18.1. The summed E-state index contributed by atoms with van der Waals surface area (Å²) in [5, 5.41) is 0. The number of nitrogens with one attached hydrogen (secondary N) is 1. The molecule has 5 rings (SSSR count). The molecule has 2 aliphatic rings. The van der Waals surface area contributed by atoms with Gasteiger partial charge in [-0.3, -0.25) is 4.90 Å². The van der Waals surface area contributed by atoms with Gasteiger partial charge in [-0.25, -0.2) is 9.97 Å². The molecule has 1 aromatic carbocycles. The van der Waals surface area contributed by atoms with Crippen molar-refractivity contribution in [2.24, 2.45) is 5.92 Å². The van der Waals surface area contributed by atoms with Gasteiger partial charge in [0.05, 0.1) is 0 Å². The standard InChI is InChI=1S/C23H28N4/c1-2-6-17(7-3-1)14-18-15-19-10-11-20(16-18)27(19)13-5-9-22-25-21-8-4-12-24-23(21)26-22/h1-4,6-8,12,18-20H,5,9-11,13-16H2,(H,24,25,26). The van der Waals surface area contributed by atoms with E-state index in [0.29, 0.717) is 0 Å². The molecule has 2 aromatic heterocycles. The first kappa shape index (κ1) is 16.9. The van der Waals surface area contributed by atoms with Crippen LogP contribution in [0.1, 0.15) is 43.5 Å². The molecule has 0 aliphatic carbocycles. The fourth-order valence-corrected chi connectivity index (χ4v) is 5.31. The topological polar surface area (TPSA) is 44.8 Å². The number of aryl methyl sites for hydroxylation is 1. The summed E-state index contributed by atoms with van der Waals surface area (Å²) in [6.45, 7) is 1.21. The molecule has 1 N–H and O–H groups in total. The maximum Gasteiger partial charge on any atom is 0.157 e. The van der Waals surface area contributed by atoms with Crippen LogP contribution < -0.4 is 0 Å². The molecule has 4 heterocycles. The molecule has 0 saturated carbocycles. The van der Waals surface area contributed by atoms with Gasteiger partial charge in [-0.05, 0) is 68.7 Å². The van der Waals surface area contributed by atoms with Crippen molar-refractivity contribution in [2.75, 3.05) is 6.54 Å². The molecule has 2 saturated heterocycles. The third-order valence-corrected chi connectivity index (χ3v) is 6.48. The number of benzene rings is 1. The zero-order valence-corrected chi connectivity index (χ0v) is 15.8. The van der Waals surface area contributed by atoms with Gasteiger partial charge in [-0.15, -0.1) is 0 Å². The summed E-state index contributed by atoms with van der Waals surface area (Å²) in [4.78, 5) is 15.2. The largest absolute Gasteiger partial charge is 0.327 e. The molecule has 0 radical (unpaired) electrons. The summed E-state index contributed by atoms with van der Waals surface area (Å²) in [7, 11) is 0. The highest BCUT2D eigenvalue weighted by atomic mass is 15.2. The van der Waals surface area contributed by atoms with Gasteiger partial charge in [0.15, 0.2) is 5.65 Å². The number of aromatic amines is 1. The van der Waals surface area contributed by atoms with Crippen molar-refractivity contribution in [3.8, 4) is 0 Å². The number of rotatable bonds is 6. The molecule has 27 heavy (non-hydrogen) atoms. The van der Waals surface area contributed by atoms with Gasteiger partial charge in [0.25, 0.3) is 0 Å². The van der Waals surface area contributed by atoms with E-state index in [1.807, 2.05) is 18.3 Å². The van der Waals surface area contributed by atoms with Crippen LogP contribution in [0.25, 0.3) is 11.2 Å². The van der Waals surface area contributed by atoms with E-state index in [0.717, 1.165) is 41.4 Å². The van der Waals surface area contributed by atoms with Gasteiger partial charge in [0, 0.05) is 24.7 Å². The quantitative estimate of drug-likeness (QED) is 0.710. The van der Waals surface area contributed by atoms with Crippen molar-refractivity contribution < 1.29 is 0 Å². The van der Waals surface area contributed by atoms with E-state index in [4.69, 9.17) is 0 Å². The van der Waals surface area contributed by atoms with Gasteiger partial charge in [0.1, 0.15) is 11.3 Å². The Bertz CT molecular complexity index is 841. The van der Waals surface area contributed by atoms with Crippen molar-refractivity contribution in [2.45, 2.75) is 57.0 Å². The van der Waals surface area contributed by atoms with Gasteiger partial charge in [0.2, 0.25) is 0 Å². The molecule has 2 fully saturated rings. The van der Waals surface area contributed by atoms with Gasteiger partial charge >= 0.3 is 0 Å². The Labute approximate surface area is 161 Å². The molecule has 0 spiro atoms. The normalized spacial score (nSPS) is 25.3. The van der Waals surface area contributed by atoms with Gasteiger partial charge in [-0.1, -0.05) is 30.3 Å². The van der Waals surface area contributed by atoms with Crippen LogP contribution in [-0.4, -0.2) is 38.5 Å². The van der Waals surface area contributed by atoms with E-state index in [-0.39, 0.29) is 0 Å². The number of hydrogen-bond donors (Lipinski definition) is 1. The smallest absolute Gasteiger partial charge is 0.157 e. The van der Waals surface area contributed by atoms with Gasteiger partial charge in [-0.2, -0.15) is 0 Å². The van der Waals surface area contributed by atoms with E-state index >= 15 is 0 Å². The maximum atomic E-state index is 4.67. The second-order valence-corrected chi connectivity index (χ2v) is 8.31. The van der Waals surface area contributed by atoms with Crippen LogP contribution in [0, 0.1) is 5.92 Å². The molecule has 2 bridgehead atoms. The molecule has 140 valence electrons. The Hall–Kier alpha value is -2.20.